The number of aromatic nitrogens is 2. The highest BCUT2D eigenvalue weighted by atomic mass is 35.5. The number of rotatable bonds is 3. The molecule has 0 aliphatic heterocycles. The van der Waals surface area contributed by atoms with Gasteiger partial charge in [0.1, 0.15) is 11.5 Å². The van der Waals surface area contributed by atoms with Gasteiger partial charge in [-0.2, -0.15) is 0 Å². The number of amides is 1. The van der Waals surface area contributed by atoms with Crippen LogP contribution in [0.4, 0.5) is 11.5 Å². The molecule has 0 saturated carbocycles. The number of hydrogen-bond donors (Lipinski definition) is 2. The number of carbonyl (C=O) groups excluding carboxylic acids is 1. The Kier molecular flexibility index (Phi) is 3.74. The van der Waals surface area contributed by atoms with Gasteiger partial charge in [0, 0.05) is 25.1 Å². The highest BCUT2D eigenvalue weighted by Crippen LogP contribution is 2.12. The molecule has 92 valence electrons. The summed E-state index contributed by atoms with van der Waals surface area (Å²) in [5.41, 5.74) is 1.14. The molecule has 5 nitrogen and oxygen atoms in total. The Hall–Kier alpha value is -2.14. The molecule has 0 saturated heterocycles. The van der Waals surface area contributed by atoms with Crippen LogP contribution in [0.1, 0.15) is 10.5 Å². The van der Waals surface area contributed by atoms with Gasteiger partial charge >= 0.3 is 0 Å². The van der Waals surface area contributed by atoms with E-state index in [0.717, 1.165) is 5.69 Å². The first-order valence-electron chi connectivity index (χ1n) is 5.26. The third-order valence-corrected chi connectivity index (χ3v) is 2.47. The molecule has 0 aromatic carbocycles. The number of pyridine rings is 2. The molecule has 0 spiro atoms. The van der Waals surface area contributed by atoms with Crippen LogP contribution >= 0.6 is 11.6 Å². The second-order valence-corrected chi connectivity index (χ2v) is 3.93. The molecule has 0 fully saturated rings. The summed E-state index contributed by atoms with van der Waals surface area (Å²) in [5.74, 6) is 0.114. The summed E-state index contributed by atoms with van der Waals surface area (Å²) in [5, 5.41) is 6.10. The monoisotopic (exact) mass is 262 g/mol. The molecule has 0 aliphatic carbocycles. The van der Waals surface area contributed by atoms with Gasteiger partial charge in [-0.05, 0) is 24.3 Å². The summed E-state index contributed by atoms with van der Waals surface area (Å²) in [7, 11) is 1.78. The van der Waals surface area contributed by atoms with Crippen molar-refractivity contribution in [2.24, 2.45) is 0 Å². The molecule has 0 radical (unpaired) electrons. The second-order valence-electron chi connectivity index (χ2n) is 3.50. The predicted octanol–water partition coefficient (Wildman–Crippen LogP) is 2.42. The molecule has 18 heavy (non-hydrogen) atoms. The van der Waals surface area contributed by atoms with Crippen LogP contribution in [-0.4, -0.2) is 22.9 Å². The zero-order chi connectivity index (χ0) is 13.0. The summed E-state index contributed by atoms with van der Waals surface area (Å²) in [6.07, 6.45) is 3.03. The number of carbonyl (C=O) groups is 1. The standard InChI is InChI=1S/C12H11ClN4O/c1-14-9-4-5-15-10(6-9)12(18)17-11-3-2-8(13)7-16-11/h2-7H,1H3,(H,14,15)(H,16,17,18). The Morgan fingerprint density at radius 1 is 1.28 bits per heavy atom. The van der Waals surface area contributed by atoms with Crippen LogP contribution in [-0.2, 0) is 0 Å². The first-order chi connectivity index (χ1) is 8.69. The number of nitrogens with zero attached hydrogens (tertiary/aromatic N) is 2. The lowest BCUT2D eigenvalue weighted by molar-refractivity contribution is 0.102. The van der Waals surface area contributed by atoms with Crippen molar-refractivity contribution in [1.29, 1.82) is 0 Å². The van der Waals surface area contributed by atoms with E-state index in [2.05, 4.69) is 20.6 Å². The summed E-state index contributed by atoms with van der Waals surface area (Å²) < 4.78 is 0. The van der Waals surface area contributed by atoms with E-state index >= 15 is 0 Å². The number of hydrogen-bond acceptors (Lipinski definition) is 4. The first kappa shape index (κ1) is 12.3. The second kappa shape index (κ2) is 5.46. The zero-order valence-electron chi connectivity index (χ0n) is 9.64. The van der Waals surface area contributed by atoms with E-state index in [9.17, 15) is 4.79 Å². The maximum atomic E-state index is 11.9. The van der Waals surface area contributed by atoms with E-state index in [1.54, 1.807) is 37.5 Å². The zero-order valence-corrected chi connectivity index (χ0v) is 10.4. The highest BCUT2D eigenvalue weighted by molar-refractivity contribution is 6.30. The van der Waals surface area contributed by atoms with Gasteiger partial charge in [0.15, 0.2) is 0 Å². The minimum atomic E-state index is -0.318. The number of anilines is 2. The van der Waals surface area contributed by atoms with Crippen molar-refractivity contribution in [3.63, 3.8) is 0 Å². The Morgan fingerprint density at radius 2 is 2.11 bits per heavy atom. The van der Waals surface area contributed by atoms with E-state index in [0.29, 0.717) is 16.5 Å². The van der Waals surface area contributed by atoms with E-state index in [-0.39, 0.29) is 5.91 Å². The van der Waals surface area contributed by atoms with Crippen molar-refractivity contribution >= 4 is 29.0 Å². The van der Waals surface area contributed by atoms with Gasteiger partial charge < -0.3 is 10.6 Å². The fourth-order valence-electron chi connectivity index (χ4n) is 1.34. The molecule has 2 heterocycles. The largest absolute Gasteiger partial charge is 0.388 e. The van der Waals surface area contributed by atoms with Crippen molar-refractivity contribution in [2.75, 3.05) is 17.7 Å². The van der Waals surface area contributed by atoms with Gasteiger partial charge in [0.2, 0.25) is 0 Å². The fourth-order valence-corrected chi connectivity index (χ4v) is 1.45. The van der Waals surface area contributed by atoms with E-state index in [4.69, 9.17) is 11.6 Å². The summed E-state index contributed by atoms with van der Waals surface area (Å²) >= 11 is 5.71. The van der Waals surface area contributed by atoms with E-state index in [1.807, 2.05) is 0 Å². The van der Waals surface area contributed by atoms with Crippen LogP contribution < -0.4 is 10.6 Å². The van der Waals surface area contributed by atoms with Crippen LogP contribution in [0.5, 0.6) is 0 Å². The minimum absolute atomic E-state index is 0.318. The Balaban J connectivity index is 2.14. The van der Waals surface area contributed by atoms with E-state index < -0.39 is 0 Å². The molecular weight excluding hydrogens is 252 g/mol. The lowest BCUT2D eigenvalue weighted by Crippen LogP contribution is -2.14. The maximum Gasteiger partial charge on any atom is 0.275 e. The molecule has 0 bridgehead atoms. The average molecular weight is 263 g/mol. The van der Waals surface area contributed by atoms with Gasteiger partial charge in [-0.25, -0.2) is 4.98 Å². The SMILES string of the molecule is CNc1ccnc(C(=O)Nc2ccc(Cl)cn2)c1. The van der Waals surface area contributed by atoms with Crippen molar-refractivity contribution in [3.8, 4) is 0 Å². The Labute approximate surface area is 109 Å². The molecule has 1 amide bonds. The number of halogens is 1. The lowest BCUT2D eigenvalue weighted by atomic mass is 10.3. The average Bonchev–Trinajstić information content (AvgIpc) is 2.41. The van der Waals surface area contributed by atoms with E-state index in [1.165, 1.54) is 6.20 Å². The molecule has 2 aromatic rings. The summed E-state index contributed by atoms with van der Waals surface area (Å²) in [6.45, 7) is 0. The van der Waals surface area contributed by atoms with Crippen molar-refractivity contribution in [2.45, 2.75) is 0 Å². The summed E-state index contributed by atoms with van der Waals surface area (Å²) in [6, 6.07) is 6.71. The van der Waals surface area contributed by atoms with Crippen LogP contribution in [0.15, 0.2) is 36.7 Å². The minimum Gasteiger partial charge on any atom is -0.388 e. The van der Waals surface area contributed by atoms with Gasteiger partial charge in [-0.3, -0.25) is 9.78 Å². The maximum absolute atomic E-state index is 11.9. The molecule has 2 N–H and O–H groups in total. The highest BCUT2D eigenvalue weighted by Gasteiger charge is 2.08. The smallest absolute Gasteiger partial charge is 0.275 e. The van der Waals surface area contributed by atoms with Crippen LogP contribution in [0.25, 0.3) is 0 Å². The normalized spacial score (nSPS) is 9.89. The van der Waals surface area contributed by atoms with Gasteiger partial charge in [0.05, 0.1) is 5.02 Å². The predicted molar refractivity (Wildman–Crippen MR) is 71.0 cm³/mol. The summed E-state index contributed by atoms with van der Waals surface area (Å²) in [4.78, 5) is 19.9. The lowest BCUT2D eigenvalue weighted by Gasteiger charge is -2.05. The van der Waals surface area contributed by atoms with Crippen molar-refractivity contribution < 1.29 is 4.79 Å². The molecule has 0 atom stereocenters. The topological polar surface area (TPSA) is 66.9 Å². The van der Waals surface area contributed by atoms with Crippen molar-refractivity contribution in [1.82, 2.24) is 9.97 Å². The van der Waals surface area contributed by atoms with Crippen molar-refractivity contribution in [3.05, 3.63) is 47.4 Å². The fraction of sp³-hybridized carbons (Fsp3) is 0.0833. The Morgan fingerprint density at radius 3 is 2.78 bits per heavy atom. The van der Waals surface area contributed by atoms with Gasteiger partial charge in [-0.15, -0.1) is 0 Å². The van der Waals surface area contributed by atoms with Gasteiger partial charge in [-0.1, -0.05) is 11.6 Å². The third-order valence-electron chi connectivity index (χ3n) is 2.25. The molecule has 2 rings (SSSR count). The molecule has 0 unspecified atom stereocenters. The third kappa shape index (κ3) is 2.95. The molecule has 2 aromatic heterocycles. The molecular formula is C12H11ClN4O. The van der Waals surface area contributed by atoms with Crippen LogP contribution in [0.2, 0.25) is 5.02 Å². The quantitative estimate of drug-likeness (QED) is 0.892. The molecule has 0 aliphatic rings. The number of nitrogens with one attached hydrogen (secondary N) is 2. The first-order valence-corrected chi connectivity index (χ1v) is 5.63. The van der Waals surface area contributed by atoms with Gasteiger partial charge in [0.25, 0.3) is 5.91 Å². The van der Waals surface area contributed by atoms with Crippen LogP contribution in [0, 0.1) is 0 Å². The Bertz CT molecular complexity index is 556. The molecule has 6 heteroatoms. The van der Waals surface area contributed by atoms with Crippen LogP contribution in [0.3, 0.4) is 0 Å².